The first-order chi connectivity index (χ1) is 11.8. The van der Waals surface area contributed by atoms with Gasteiger partial charge in [-0.05, 0) is 36.1 Å². The van der Waals surface area contributed by atoms with Crippen molar-refractivity contribution in [1.82, 2.24) is 4.72 Å². The SMILES string of the molecule is CSc1ccc(C(O)C(CO)NS(=O)(=O)c2c(F)cccc2F)cc1. The van der Waals surface area contributed by atoms with Crippen LogP contribution in [0, 0.1) is 11.6 Å². The Kier molecular flexibility index (Phi) is 6.53. The van der Waals surface area contributed by atoms with Crippen molar-refractivity contribution in [3.63, 3.8) is 0 Å². The Morgan fingerprint density at radius 2 is 1.68 bits per heavy atom. The van der Waals surface area contributed by atoms with Gasteiger partial charge >= 0.3 is 0 Å². The number of aliphatic hydroxyl groups excluding tert-OH is 2. The second-order valence-corrected chi connectivity index (χ2v) is 7.71. The number of benzene rings is 2. The summed E-state index contributed by atoms with van der Waals surface area (Å²) in [4.78, 5) is -0.219. The molecule has 2 unspecified atom stereocenters. The number of sulfonamides is 1. The van der Waals surface area contributed by atoms with Crippen molar-refractivity contribution in [3.8, 4) is 0 Å². The first-order valence-corrected chi connectivity index (χ1v) is 9.90. The van der Waals surface area contributed by atoms with E-state index in [0.29, 0.717) is 5.56 Å². The van der Waals surface area contributed by atoms with E-state index in [1.165, 1.54) is 11.8 Å². The highest BCUT2D eigenvalue weighted by Crippen LogP contribution is 2.24. The standard InChI is InChI=1S/C16H17F2NO4S2/c1-24-11-7-5-10(6-8-11)15(21)14(9-20)19-25(22,23)16-12(17)3-2-4-13(16)18/h2-8,14-15,19-21H,9H2,1H3. The van der Waals surface area contributed by atoms with Gasteiger partial charge in [0, 0.05) is 4.90 Å². The van der Waals surface area contributed by atoms with Gasteiger partial charge in [0.1, 0.15) is 11.6 Å². The second-order valence-electron chi connectivity index (χ2n) is 5.18. The fraction of sp³-hybridized carbons (Fsp3) is 0.250. The molecule has 136 valence electrons. The number of aliphatic hydroxyl groups is 2. The van der Waals surface area contributed by atoms with Crippen LogP contribution in [0.4, 0.5) is 8.78 Å². The molecule has 0 bridgehead atoms. The van der Waals surface area contributed by atoms with Crippen molar-refractivity contribution in [2.75, 3.05) is 12.9 Å². The molecule has 2 aromatic rings. The van der Waals surface area contributed by atoms with Crippen LogP contribution in [0.1, 0.15) is 11.7 Å². The van der Waals surface area contributed by atoms with Gasteiger partial charge < -0.3 is 10.2 Å². The van der Waals surface area contributed by atoms with E-state index in [9.17, 15) is 27.4 Å². The predicted molar refractivity (Wildman–Crippen MR) is 90.7 cm³/mol. The van der Waals surface area contributed by atoms with Crippen LogP contribution >= 0.6 is 11.8 Å². The van der Waals surface area contributed by atoms with Crippen LogP contribution in [0.15, 0.2) is 52.3 Å². The summed E-state index contributed by atoms with van der Waals surface area (Å²) in [5, 5.41) is 19.7. The van der Waals surface area contributed by atoms with Crippen molar-refractivity contribution < 1.29 is 27.4 Å². The van der Waals surface area contributed by atoms with Crippen LogP contribution in [-0.2, 0) is 10.0 Å². The molecule has 3 N–H and O–H groups in total. The van der Waals surface area contributed by atoms with Gasteiger partial charge in [0.05, 0.1) is 18.8 Å². The van der Waals surface area contributed by atoms with Gasteiger partial charge in [0.15, 0.2) is 4.90 Å². The van der Waals surface area contributed by atoms with Crippen molar-refractivity contribution in [2.45, 2.75) is 21.9 Å². The van der Waals surface area contributed by atoms with Gasteiger partial charge in [-0.1, -0.05) is 18.2 Å². The summed E-state index contributed by atoms with van der Waals surface area (Å²) >= 11 is 1.49. The molecule has 0 aliphatic rings. The summed E-state index contributed by atoms with van der Waals surface area (Å²) in [6.45, 7) is -0.763. The highest BCUT2D eigenvalue weighted by atomic mass is 32.2. The minimum atomic E-state index is -4.62. The first kappa shape index (κ1) is 19.8. The highest BCUT2D eigenvalue weighted by molar-refractivity contribution is 7.98. The van der Waals surface area contributed by atoms with Crippen LogP contribution < -0.4 is 4.72 Å². The molecule has 0 fully saturated rings. The van der Waals surface area contributed by atoms with Crippen LogP contribution in [0.2, 0.25) is 0 Å². The quantitative estimate of drug-likeness (QED) is 0.631. The third-order valence-corrected chi connectivity index (χ3v) is 5.81. The molecule has 0 spiro atoms. The molecule has 0 saturated carbocycles. The highest BCUT2D eigenvalue weighted by Gasteiger charge is 2.30. The molecule has 0 heterocycles. The van der Waals surface area contributed by atoms with Gasteiger partial charge in [-0.15, -0.1) is 11.8 Å². The Hall–Kier alpha value is -1.52. The molecule has 0 radical (unpaired) electrons. The number of hydrogen-bond donors (Lipinski definition) is 3. The van der Waals surface area contributed by atoms with Gasteiger partial charge in [-0.25, -0.2) is 21.9 Å². The van der Waals surface area contributed by atoms with Crippen LogP contribution in [0.25, 0.3) is 0 Å². The third-order valence-electron chi connectivity index (χ3n) is 3.53. The van der Waals surface area contributed by atoms with E-state index in [1.54, 1.807) is 24.3 Å². The number of hydrogen-bond acceptors (Lipinski definition) is 5. The summed E-state index contributed by atoms with van der Waals surface area (Å²) in [5.41, 5.74) is 0.355. The maximum Gasteiger partial charge on any atom is 0.246 e. The number of rotatable bonds is 7. The zero-order chi connectivity index (χ0) is 18.6. The minimum absolute atomic E-state index is 0.355. The molecule has 25 heavy (non-hydrogen) atoms. The van der Waals surface area contributed by atoms with Crippen molar-refractivity contribution in [2.24, 2.45) is 0 Å². The fourth-order valence-electron chi connectivity index (χ4n) is 2.23. The minimum Gasteiger partial charge on any atom is -0.395 e. The second kappa shape index (κ2) is 8.24. The van der Waals surface area contributed by atoms with E-state index >= 15 is 0 Å². The Morgan fingerprint density at radius 1 is 1.12 bits per heavy atom. The van der Waals surface area contributed by atoms with Gasteiger partial charge in [-0.2, -0.15) is 0 Å². The first-order valence-electron chi connectivity index (χ1n) is 7.19. The molecular formula is C16H17F2NO4S2. The van der Waals surface area contributed by atoms with Crippen LogP contribution in [0.5, 0.6) is 0 Å². The average molecular weight is 389 g/mol. The van der Waals surface area contributed by atoms with Crippen molar-refractivity contribution >= 4 is 21.8 Å². The average Bonchev–Trinajstić information content (AvgIpc) is 2.59. The Morgan fingerprint density at radius 3 is 2.16 bits per heavy atom. The van der Waals surface area contributed by atoms with Gasteiger partial charge in [0.25, 0.3) is 0 Å². The van der Waals surface area contributed by atoms with Gasteiger partial charge in [0.2, 0.25) is 10.0 Å². The maximum absolute atomic E-state index is 13.7. The monoisotopic (exact) mass is 389 g/mol. The Balaban J connectivity index is 2.28. The molecule has 9 heteroatoms. The lowest BCUT2D eigenvalue weighted by atomic mass is 10.0. The fourth-order valence-corrected chi connectivity index (χ4v) is 4.01. The number of halogens is 2. The van der Waals surface area contributed by atoms with E-state index in [4.69, 9.17) is 0 Å². The molecule has 5 nitrogen and oxygen atoms in total. The zero-order valence-electron chi connectivity index (χ0n) is 13.2. The zero-order valence-corrected chi connectivity index (χ0v) is 14.8. The van der Waals surface area contributed by atoms with Gasteiger partial charge in [-0.3, -0.25) is 0 Å². The lowest BCUT2D eigenvalue weighted by molar-refractivity contribution is 0.101. The normalized spacial score (nSPS) is 14.3. The molecule has 2 atom stereocenters. The molecule has 0 aliphatic heterocycles. The Bertz CT molecular complexity index is 808. The smallest absolute Gasteiger partial charge is 0.246 e. The molecule has 2 aromatic carbocycles. The summed E-state index contributed by atoms with van der Waals surface area (Å²) in [6, 6.07) is 7.89. The van der Waals surface area contributed by atoms with E-state index < -0.39 is 45.3 Å². The van der Waals surface area contributed by atoms with Crippen molar-refractivity contribution in [1.29, 1.82) is 0 Å². The van der Waals surface area contributed by atoms with E-state index in [-0.39, 0.29) is 0 Å². The third kappa shape index (κ3) is 4.56. The molecule has 2 rings (SSSR count). The largest absolute Gasteiger partial charge is 0.395 e. The lowest BCUT2D eigenvalue weighted by Gasteiger charge is -2.23. The molecule has 0 amide bonds. The number of nitrogens with one attached hydrogen (secondary N) is 1. The van der Waals surface area contributed by atoms with E-state index in [0.717, 1.165) is 23.1 Å². The Labute approximate surface area is 148 Å². The summed E-state index contributed by atoms with van der Waals surface area (Å²) in [7, 11) is -4.62. The van der Waals surface area contributed by atoms with Crippen LogP contribution in [0.3, 0.4) is 0 Å². The van der Waals surface area contributed by atoms with Crippen LogP contribution in [-0.4, -0.2) is 37.5 Å². The summed E-state index contributed by atoms with van der Waals surface area (Å²) in [6.07, 6.45) is 0.476. The number of thioether (sulfide) groups is 1. The topological polar surface area (TPSA) is 86.6 Å². The maximum atomic E-state index is 13.7. The van der Waals surface area contributed by atoms with Crippen molar-refractivity contribution in [3.05, 3.63) is 59.7 Å². The molecular weight excluding hydrogens is 372 g/mol. The lowest BCUT2D eigenvalue weighted by Crippen LogP contribution is -2.42. The molecule has 0 saturated heterocycles. The van der Waals surface area contributed by atoms with E-state index in [2.05, 4.69) is 0 Å². The summed E-state index contributed by atoms with van der Waals surface area (Å²) < 4.78 is 53.9. The molecule has 0 aromatic heterocycles. The molecule has 0 aliphatic carbocycles. The predicted octanol–water partition coefficient (Wildman–Crippen LogP) is 2.06. The summed E-state index contributed by atoms with van der Waals surface area (Å²) in [5.74, 6) is -2.52. The van der Waals surface area contributed by atoms with E-state index in [1.807, 2.05) is 11.0 Å².